The molecule has 1 aliphatic heterocycles. The zero-order valence-electron chi connectivity index (χ0n) is 16.6. The van der Waals surface area contributed by atoms with Crippen LogP contribution in [0.5, 0.6) is 17.2 Å². The Morgan fingerprint density at radius 3 is 2.38 bits per heavy atom. The number of aliphatic imine (C=N–C) groups is 1. The van der Waals surface area contributed by atoms with E-state index in [4.69, 9.17) is 18.9 Å². The van der Waals surface area contributed by atoms with Crippen molar-refractivity contribution in [1.29, 1.82) is 0 Å². The molecular formula is C22H20N2O5. The Morgan fingerprint density at radius 2 is 1.72 bits per heavy atom. The summed E-state index contributed by atoms with van der Waals surface area (Å²) in [4.78, 5) is 16.8. The summed E-state index contributed by atoms with van der Waals surface area (Å²) in [5.74, 6) is 1.02. The van der Waals surface area contributed by atoms with Crippen molar-refractivity contribution in [3.05, 3.63) is 59.4 Å². The Morgan fingerprint density at radius 1 is 1.03 bits per heavy atom. The van der Waals surface area contributed by atoms with Crippen LogP contribution in [0.1, 0.15) is 11.1 Å². The SMILES string of the molecule is COc1cc(C2=N/C(=C\c3cn(C)c4ccccc34)C(=O)O2)cc(OC)c1OC. The van der Waals surface area contributed by atoms with E-state index in [9.17, 15) is 4.79 Å². The molecule has 29 heavy (non-hydrogen) atoms. The van der Waals surface area contributed by atoms with Crippen LogP contribution in [0.4, 0.5) is 0 Å². The lowest BCUT2D eigenvalue weighted by molar-refractivity contribution is -0.129. The molecular weight excluding hydrogens is 372 g/mol. The number of hydrogen-bond donors (Lipinski definition) is 0. The average molecular weight is 392 g/mol. The number of carbonyl (C=O) groups is 1. The maximum Gasteiger partial charge on any atom is 0.363 e. The molecule has 4 rings (SSSR count). The van der Waals surface area contributed by atoms with E-state index in [-0.39, 0.29) is 11.6 Å². The van der Waals surface area contributed by atoms with Gasteiger partial charge in [0.25, 0.3) is 0 Å². The van der Waals surface area contributed by atoms with E-state index in [1.807, 2.05) is 42.1 Å². The van der Waals surface area contributed by atoms with Gasteiger partial charge in [0.2, 0.25) is 11.6 Å². The summed E-state index contributed by atoms with van der Waals surface area (Å²) in [6.07, 6.45) is 3.69. The summed E-state index contributed by atoms with van der Waals surface area (Å²) in [5.41, 5.74) is 2.74. The number of carbonyl (C=O) groups excluding carboxylic acids is 1. The van der Waals surface area contributed by atoms with E-state index in [0.717, 1.165) is 16.5 Å². The second-order valence-corrected chi connectivity index (χ2v) is 6.46. The van der Waals surface area contributed by atoms with Crippen molar-refractivity contribution in [2.75, 3.05) is 21.3 Å². The minimum absolute atomic E-state index is 0.181. The minimum Gasteiger partial charge on any atom is -0.493 e. The monoisotopic (exact) mass is 392 g/mol. The van der Waals surface area contributed by atoms with Gasteiger partial charge in [-0.25, -0.2) is 9.79 Å². The molecule has 0 spiro atoms. The Kier molecular flexibility index (Phi) is 4.72. The highest BCUT2D eigenvalue weighted by Gasteiger charge is 2.27. The summed E-state index contributed by atoms with van der Waals surface area (Å²) in [6, 6.07) is 11.3. The van der Waals surface area contributed by atoms with E-state index >= 15 is 0 Å². The van der Waals surface area contributed by atoms with Gasteiger partial charge in [-0.15, -0.1) is 0 Å². The first-order chi connectivity index (χ1) is 14.0. The molecule has 0 fully saturated rings. The number of hydrogen-bond acceptors (Lipinski definition) is 6. The molecule has 7 nitrogen and oxygen atoms in total. The van der Waals surface area contributed by atoms with Gasteiger partial charge in [-0.2, -0.15) is 0 Å². The fourth-order valence-corrected chi connectivity index (χ4v) is 3.37. The third kappa shape index (κ3) is 3.20. The first kappa shape index (κ1) is 18.6. The summed E-state index contributed by atoms with van der Waals surface area (Å²) >= 11 is 0. The fraction of sp³-hybridized carbons (Fsp3) is 0.182. The molecule has 0 saturated carbocycles. The number of benzene rings is 2. The van der Waals surface area contributed by atoms with Gasteiger partial charge in [0.05, 0.1) is 21.3 Å². The van der Waals surface area contributed by atoms with Crippen molar-refractivity contribution >= 4 is 28.8 Å². The number of aryl methyl sites for hydroxylation is 1. The van der Waals surface area contributed by atoms with E-state index in [2.05, 4.69) is 4.99 Å². The van der Waals surface area contributed by atoms with E-state index in [0.29, 0.717) is 22.8 Å². The largest absolute Gasteiger partial charge is 0.493 e. The van der Waals surface area contributed by atoms with Crippen LogP contribution in [-0.2, 0) is 16.6 Å². The molecule has 0 bridgehead atoms. The van der Waals surface area contributed by atoms with Crippen LogP contribution < -0.4 is 14.2 Å². The molecule has 2 aromatic carbocycles. The molecule has 7 heteroatoms. The van der Waals surface area contributed by atoms with Crippen LogP contribution in [0.2, 0.25) is 0 Å². The number of methoxy groups -OCH3 is 3. The number of nitrogens with zero attached hydrogens (tertiary/aromatic N) is 2. The molecule has 0 aliphatic carbocycles. The number of fused-ring (bicyclic) bond motifs is 1. The molecule has 0 radical (unpaired) electrons. The number of aromatic nitrogens is 1. The highest BCUT2D eigenvalue weighted by Crippen LogP contribution is 2.39. The molecule has 148 valence electrons. The number of para-hydroxylation sites is 1. The van der Waals surface area contributed by atoms with Crippen LogP contribution >= 0.6 is 0 Å². The summed E-state index contributed by atoms with van der Waals surface area (Å²) in [5, 5.41) is 1.03. The molecule has 2 heterocycles. The first-order valence-corrected chi connectivity index (χ1v) is 8.92. The number of rotatable bonds is 5. The number of esters is 1. The smallest absolute Gasteiger partial charge is 0.363 e. The quantitative estimate of drug-likeness (QED) is 0.491. The van der Waals surface area contributed by atoms with E-state index < -0.39 is 5.97 Å². The molecule has 1 aliphatic rings. The fourth-order valence-electron chi connectivity index (χ4n) is 3.37. The Labute approximate surface area is 167 Å². The lowest BCUT2D eigenvalue weighted by Gasteiger charge is -2.13. The van der Waals surface area contributed by atoms with Gasteiger partial charge >= 0.3 is 5.97 Å². The molecule has 0 saturated heterocycles. The van der Waals surface area contributed by atoms with Gasteiger partial charge in [-0.1, -0.05) is 18.2 Å². The lowest BCUT2D eigenvalue weighted by Crippen LogP contribution is -2.06. The van der Waals surface area contributed by atoms with Crippen LogP contribution in [0.3, 0.4) is 0 Å². The van der Waals surface area contributed by atoms with Crippen LogP contribution in [0.25, 0.3) is 17.0 Å². The number of cyclic esters (lactones) is 1. The predicted molar refractivity (Wildman–Crippen MR) is 110 cm³/mol. The molecule has 0 atom stereocenters. The third-order valence-corrected chi connectivity index (χ3v) is 4.75. The molecule has 3 aromatic rings. The zero-order valence-corrected chi connectivity index (χ0v) is 16.6. The van der Waals surface area contributed by atoms with Crippen molar-refractivity contribution in [3.63, 3.8) is 0 Å². The molecule has 1 aromatic heterocycles. The predicted octanol–water partition coefficient (Wildman–Crippen LogP) is 3.55. The van der Waals surface area contributed by atoms with Gasteiger partial charge in [-0.05, 0) is 24.3 Å². The standard InChI is InChI=1S/C22H20N2O5/c1-24-12-14(15-7-5-6-8-17(15)24)9-16-22(25)29-21(23-16)13-10-18(26-2)20(28-4)19(11-13)27-3/h5-12H,1-4H3/b16-9-. The molecule has 0 N–H and O–H groups in total. The molecule has 0 unspecified atom stereocenters. The van der Waals surface area contributed by atoms with Crippen molar-refractivity contribution in [2.45, 2.75) is 0 Å². The van der Waals surface area contributed by atoms with Crippen molar-refractivity contribution in [2.24, 2.45) is 12.0 Å². The van der Waals surface area contributed by atoms with Crippen molar-refractivity contribution in [1.82, 2.24) is 4.57 Å². The number of ether oxygens (including phenoxy) is 4. The van der Waals surface area contributed by atoms with Gasteiger partial charge < -0.3 is 23.5 Å². The van der Waals surface area contributed by atoms with Crippen molar-refractivity contribution in [3.8, 4) is 17.2 Å². The maximum absolute atomic E-state index is 12.4. The second-order valence-electron chi connectivity index (χ2n) is 6.46. The Balaban J connectivity index is 1.77. The minimum atomic E-state index is -0.512. The Bertz CT molecular complexity index is 1150. The summed E-state index contributed by atoms with van der Waals surface area (Å²) in [6.45, 7) is 0. The van der Waals surface area contributed by atoms with Crippen LogP contribution in [-0.4, -0.2) is 37.8 Å². The topological polar surface area (TPSA) is 71.3 Å². The normalized spacial score (nSPS) is 14.8. The Hall–Kier alpha value is -3.74. The third-order valence-electron chi connectivity index (χ3n) is 4.75. The molecule has 0 amide bonds. The van der Waals surface area contributed by atoms with Crippen molar-refractivity contribution < 1.29 is 23.7 Å². The summed E-state index contributed by atoms with van der Waals surface area (Å²) in [7, 11) is 6.53. The van der Waals surface area contributed by atoms with Gasteiger partial charge in [0.15, 0.2) is 17.2 Å². The van der Waals surface area contributed by atoms with Gasteiger partial charge in [0, 0.05) is 35.3 Å². The van der Waals surface area contributed by atoms with E-state index in [1.54, 1.807) is 18.2 Å². The average Bonchev–Trinajstić information content (AvgIpc) is 3.27. The van der Waals surface area contributed by atoms with Crippen LogP contribution in [0.15, 0.2) is 53.3 Å². The summed E-state index contributed by atoms with van der Waals surface area (Å²) < 4.78 is 23.5. The van der Waals surface area contributed by atoms with Gasteiger partial charge in [0.1, 0.15) is 0 Å². The maximum atomic E-state index is 12.4. The highest BCUT2D eigenvalue weighted by molar-refractivity contribution is 6.13. The zero-order chi connectivity index (χ0) is 20.5. The van der Waals surface area contributed by atoms with E-state index in [1.165, 1.54) is 21.3 Å². The highest BCUT2D eigenvalue weighted by atomic mass is 16.6. The van der Waals surface area contributed by atoms with Gasteiger partial charge in [-0.3, -0.25) is 0 Å². The lowest BCUT2D eigenvalue weighted by atomic mass is 10.1. The first-order valence-electron chi connectivity index (χ1n) is 8.92. The second kappa shape index (κ2) is 7.35. The van der Waals surface area contributed by atoms with Crippen LogP contribution in [0, 0.1) is 0 Å².